The molecule has 0 saturated heterocycles. The summed E-state index contributed by atoms with van der Waals surface area (Å²) in [7, 11) is 0. The molecule has 0 aliphatic heterocycles. The van der Waals surface area contributed by atoms with E-state index in [1.54, 1.807) is 0 Å². The third-order valence-electron chi connectivity index (χ3n) is 4.80. The van der Waals surface area contributed by atoms with E-state index in [0.29, 0.717) is 11.6 Å². The topological polar surface area (TPSA) is 34.1 Å². The lowest BCUT2D eigenvalue weighted by atomic mass is 9.84. The molecule has 0 aromatic heterocycles. The zero-order valence-corrected chi connectivity index (χ0v) is 13.0. The van der Waals surface area contributed by atoms with E-state index in [9.17, 15) is 9.59 Å². The molecule has 2 atom stereocenters. The molecular weight excluding hydrogens is 248 g/mol. The lowest BCUT2D eigenvalue weighted by molar-refractivity contribution is -0.125. The maximum absolute atomic E-state index is 11.2. The number of ketones is 2. The van der Waals surface area contributed by atoms with Gasteiger partial charge in [-0.1, -0.05) is 26.0 Å². The summed E-state index contributed by atoms with van der Waals surface area (Å²) in [5, 5.41) is 0. The molecule has 0 amide bonds. The van der Waals surface area contributed by atoms with E-state index in [1.165, 1.54) is 0 Å². The summed E-state index contributed by atoms with van der Waals surface area (Å²) in [5.74, 6) is 0.847. The van der Waals surface area contributed by atoms with Crippen molar-refractivity contribution >= 4 is 11.6 Å². The van der Waals surface area contributed by atoms with Gasteiger partial charge < -0.3 is 0 Å². The smallest absolute Gasteiger partial charge is 0.139 e. The molecular formula is C18H28O2. The fourth-order valence-corrected chi connectivity index (χ4v) is 3.23. The summed E-state index contributed by atoms with van der Waals surface area (Å²) < 4.78 is 0. The van der Waals surface area contributed by atoms with E-state index >= 15 is 0 Å². The van der Waals surface area contributed by atoms with Crippen LogP contribution in [0.2, 0.25) is 0 Å². The predicted octanol–water partition coefficient (Wildman–Crippen LogP) is 4.64. The summed E-state index contributed by atoms with van der Waals surface area (Å²) in [4.78, 5) is 22.5. The van der Waals surface area contributed by atoms with Gasteiger partial charge in [0.1, 0.15) is 11.6 Å². The third kappa shape index (κ3) is 3.91. The first-order chi connectivity index (χ1) is 9.38. The van der Waals surface area contributed by atoms with Gasteiger partial charge in [-0.3, -0.25) is 9.59 Å². The van der Waals surface area contributed by atoms with Gasteiger partial charge >= 0.3 is 0 Å². The van der Waals surface area contributed by atoms with E-state index in [-0.39, 0.29) is 10.8 Å². The Bertz CT molecular complexity index is 358. The first kappa shape index (κ1) is 16.9. The molecule has 2 heteroatoms. The molecule has 2 aliphatic carbocycles. The molecule has 0 spiro atoms. The Labute approximate surface area is 123 Å². The molecule has 0 aromatic carbocycles. The Morgan fingerprint density at radius 2 is 1.25 bits per heavy atom. The summed E-state index contributed by atoms with van der Waals surface area (Å²) in [6, 6.07) is 0. The van der Waals surface area contributed by atoms with Gasteiger partial charge in [-0.2, -0.15) is 0 Å². The molecule has 0 bridgehead atoms. The van der Waals surface area contributed by atoms with Crippen LogP contribution in [-0.2, 0) is 9.59 Å². The summed E-state index contributed by atoms with van der Waals surface area (Å²) in [5.41, 5.74) is -0.108. The van der Waals surface area contributed by atoms with E-state index in [2.05, 4.69) is 13.2 Å². The maximum atomic E-state index is 11.2. The van der Waals surface area contributed by atoms with Gasteiger partial charge in [0.05, 0.1) is 0 Å². The minimum atomic E-state index is -0.0538. The SMILES string of the molecule is C=CC[C@@]1(C)CCCC1=O.C=CC[C@]1(C)CCCC1=O. The van der Waals surface area contributed by atoms with Crippen LogP contribution in [0.3, 0.4) is 0 Å². The summed E-state index contributed by atoms with van der Waals surface area (Å²) in [6.07, 6.45) is 11.2. The average molecular weight is 276 g/mol. The van der Waals surface area contributed by atoms with Gasteiger partial charge in [0.2, 0.25) is 0 Å². The van der Waals surface area contributed by atoms with Crippen LogP contribution >= 0.6 is 0 Å². The fraction of sp³-hybridized carbons (Fsp3) is 0.667. The first-order valence-electron chi connectivity index (χ1n) is 7.66. The Morgan fingerprint density at radius 3 is 1.45 bits per heavy atom. The van der Waals surface area contributed by atoms with Crippen molar-refractivity contribution in [3.05, 3.63) is 25.3 Å². The second-order valence-electron chi connectivity index (χ2n) is 6.66. The van der Waals surface area contributed by atoms with Gasteiger partial charge in [-0.25, -0.2) is 0 Å². The van der Waals surface area contributed by atoms with E-state index < -0.39 is 0 Å². The molecule has 20 heavy (non-hydrogen) atoms. The number of carbonyl (C=O) groups is 2. The van der Waals surface area contributed by atoms with Crippen LogP contribution in [0.15, 0.2) is 25.3 Å². The van der Waals surface area contributed by atoms with Crippen molar-refractivity contribution in [1.29, 1.82) is 0 Å². The molecule has 0 N–H and O–H groups in total. The van der Waals surface area contributed by atoms with Crippen LogP contribution in [0.25, 0.3) is 0 Å². The van der Waals surface area contributed by atoms with Crippen LogP contribution in [0.4, 0.5) is 0 Å². The number of hydrogen-bond acceptors (Lipinski definition) is 2. The van der Waals surface area contributed by atoms with Crippen LogP contribution < -0.4 is 0 Å². The standard InChI is InChI=1S/2C9H14O/c2*1-3-6-9(2)7-4-5-8(9)10/h2*3H,1,4-7H2,2H3/t2*9-/m10/s1. The molecule has 2 fully saturated rings. The van der Waals surface area contributed by atoms with Crippen LogP contribution in [0, 0.1) is 10.8 Å². The lowest BCUT2D eigenvalue weighted by Crippen LogP contribution is -2.20. The van der Waals surface area contributed by atoms with Gasteiger partial charge in [0, 0.05) is 23.7 Å². The van der Waals surface area contributed by atoms with Gasteiger partial charge in [0.25, 0.3) is 0 Å². The quantitative estimate of drug-likeness (QED) is 0.701. The highest BCUT2D eigenvalue weighted by Gasteiger charge is 2.36. The number of hydrogen-bond donors (Lipinski definition) is 0. The minimum absolute atomic E-state index is 0.0538. The van der Waals surface area contributed by atoms with Crippen molar-refractivity contribution in [3.63, 3.8) is 0 Å². The van der Waals surface area contributed by atoms with Crippen molar-refractivity contribution < 1.29 is 9.59 Å². The second-order valence-corrected chi connectivity index (χ2v) is 6.66. The van der Waals surface area contributed by atoms with Crippen molar-refractivity contribution in [3.8, 4) is 0 Å². The number of rotatable bonds is 4. The van der Waals surface area contributed by atoms with E-state index in [1.807, 2.05) is 26.0 Å². The van der Waals surface area contributed by atoms with Gasteiger partial charge in [0.15, 0.2) is 0 Å². The Hall–Kier alpha value is -1.18. The minimum Gasteiger partial charge on any atom is -0.299 e. The lowest BCUT2D eigenvalue weighted by Gasteiger charge is -2.18. The molecule has 2 rings (SSSR count). The highest BCUT2D eigenvalue weighted by Crippen LogP contribution is 2.38. The highest BCUT2D eigenvalue weighted by atomic mass is 16.1. The van der Waals surface area contributed by atoms with Gasteiger partial charge in [-0.15, -0.1) is 13.2 Å². The van der Waals surface area contributed by atoms with Crippen molar-refractivity contribution in [1.82, 2.24) is 0 Å². The Balaban J connectivity index is 0.000000200. The van der Waals surface area contributed by atoms with Crippen LogP contribution in [-0.4, -0.2) is 11.6 Å². The molecule has 0 heterocycles. The molecule has 0 unspecified atom stereocenters. The normalized spacial score (nSPS) is 32.7. The Kier molecular flexibility index (Phi) is 5.91. The molecule has 2 aliphatic rings. The maximum Gasteiger partial charge on any atom is 0.139 e. The van der Waals surface area contributed by atoms with Crippen LogP contribution in [0.1, 0.15) is 65.2 Å². The predicted molar refractivity (Wildman–Crippen MR) is 83.6 cm³/mol. The number of carbonyl (C=O) groups excluding carboxylic acids is 2. The molecule has 2 nitrogen and oxygen atoms in total. The monoisotopic (exact) mass is 276 g/mol. The number of Topliss-reactive ketones (excluding diaryl/α,β-unsaturated/α-hetero) is 2. The third-order valence-corrected chi connectivity index (χ3v) is 4.80. The Morgan fingerprint density at radius 1 is 0.900 bits per heavy atom. The number of allylic oxidation sites excluding steroid dienone is 2. The zero-order valence-electron chi connectivity index (χ0n) is 13.0. The fourth-order valence-electron chi connectivity index (χ4n) is 3.23. The van der Waals surface area contributed by atoms with Crippen LogP contribution in [0.5, 0.6) is 0 Å². The van der Waals surface area contributed by atoms with Crippen molar-refractivity contribution in [2.45, 2.75) is 65.2 Å². The van der Waals surface area contributed by atoms with Crippen molar-refractivity contribution in [2.75, 3.05) is 0 Å². The van der Waals surface area contributed by atoms with E-state index in [4.69, 9.17) is 0 Å². The largest absolute Gasteiger partial charge is 0.299 e. The zero-order chi connectivity index (χ0) is 15.2. The van der Waals surface area contributed by atoms with Crippen molar-refractivity contribution in [2.24, 2.45) is 10.8 Å². The van der Waals surface area contributed by atoms with E-state index in [0.717, 1.165) is 51.4 Å². The first-order valence-corrected chi connectivity index (χ1v) is 7.66. The molecule has 0 radical (unpaired) electrons. The summed E-state index contributed by atoms with van der Waals surface area (Å²) >= 11 is 0. The average Bonchev–Trinajstić information content (AvgIpc) is 2.87. The molecule has 2 saturated carbocycles. The molecule has 0 aromatic rings. The highest BCUT2D eigenvalue weighted by molar-refractivity contribution is 5.86. The second kappa shape index (κ2) is 7.01. The summed E-state index contributed by atoms with van der Waals surface area (Å²) in [6.45, 7) is 11.4. The van der Waals surface area contributed by atoms with Gasteiger partial charge in [-0.05, 0) is 38.5 Å². The molecule has 112 valence electrons.